The third-order valence-corrected chi connectivity index (χ3v) is 3.45. The van der Waals surface area contributed by atoms with E-state index in [0.29, 0.717) is 6.42 Å². The lowest BCUT2D eigenvalue weighted by molar-refractivity contribution is 0.278. The van der Waals surface area contributed by atoms with E-state index in [9.17, 15) is 8.42 Å². The molecular formula is C11H18N2O3S. The van der Waals surface area contributed by atoms with Gasteiger partial charge in [-0.2, -0.15) is 0 Å². The molecule has 4 N–H and O–H groups in total. The zero-order valence-corrected chi connectivity index (χ0v) is 10.6. The molecule has 0 aliphatic rings. The first-order valence-electron chi connectivity index (χ1n) is 5.47. The van der Waals surface area contributed by atoms with Crippen LogP contribution in [-0.2, 0) is 10.0 Å². The van der Waals surface area contributed by atoms with Gasteiger partial charge in [-0.25, -0.2) is 13.6 Å². The molecule has 5 nitrogen and oxygen atoms in total. The minimum absolute atomic E-state index is 0.0956. The first-order valence-corrected chi connectivity index (χ1v) is 7.02. The monoisotopic (exact) mass is 258 g/mol. The summed E-state index contributed by atoms with van der Waals surface area (Å²) < 4.78 is 22.1. The number of primary sulfonamides is 1. The first kappa shape index (κ1) is 14.0. The number of nitrogens with one attached hydrogen (secondary N) is 1. The summed E-state index contributed by atoms with van der Waals surface area (Å²) in [6, 6.07) is 6.44. The molecule has 0 bridgehead atoms. The Labute approximate surface area is 102 Å². The molecule has 0 aromatic heterocycles. The zero-order chi connectivity index (χ0) is 12.9. The van der Waals surface area contributed by atoms with Crippen molar-refractivity contribution < 1.29 is 13.5 Å². The van der Waals surface area contributed by atoms with Crippen LogP contribution in [-0.4, -0.2) is 26.2 Å². The maximum Gasteiger partial charge on any atom is 0.238 e. The molecule has 0 heterocycles. The maximum absolute atomic E-state index is 11.0. The molecule has 0 spiro atoms. The van der Waals surface area contributed by atoms with Crippen molar-refractivity contribution in [1.29, 1.82) is 0 Å². The van der Waals surface area contributed by atoms with E-state index in [1.54, 1.807) is 12.1 Å². The van der Waals surface area contributed by atoms with Gasteiger partial charge in [-0.1, -0.05) is 6.92 Å². The summed E-state index contributed by atoms with van der Waals surface area (Å²) in [6.45, 7) is 2.15. The normalized spacial score (nSPS) is 13.4. The van der Waals surface area contributed by atoms with E-state index < -0.39 is 10.0 Å². The molecule has 0 amide bonds. The van der Waals surface area contributed by atoms with Gasteiger partial charge >= 0.3 is 0 Å². The summed E-state index contributed by atoms with van der Waals surface area (Å²) in [5.74, 6) is 0. The van der Waals surface area contributed by atoms with Crippen molar-refractivity contribution in [2.75, 3.05) is 11.9 Å². The Morgan fingerprint density at radius 1 is 1.35 bits per heavy atom. The Bertz CT molecular complexity index is 442. The van der Waals surface area contributed by atoms with E-state index in [-0.39, 0.29) is 17.5 Å². The number of hydrogen-bond acceptors (Lipinski definition) is 4. The van der Waals surface area contributed by atoms with Gasteiger partial charge in [-0.05, 0) is 37.1 Å². The van der Waals surface area contributed by atoms with Crippen LogP contribution in [0, 0.1) is 0 Å². The minimum Gasteiger partial charge on any atom is -0.396 e. The molecular weight excluding hydrogens is 240 g/mol. The lowest BCUT2D eigenvalue weighted by atomic mass is 10.1. The number of anilines is 1. The van der Waals surface area contributed by atoms with E-state index in [0.717, 1.165) is 12.1 Å². The molecule has 0 fully saturated rings. The van der Waals surface area contributed by atoms with Crippen LogP contribution in [0.15, 0.2) is 29.2 Å². The Morgan fingerprint density at radius 2 is 1.94 bits per heavy atom. The molecule has 0 aliphatic carbocycles. The van der Waals surface area contributed by atoms with Crippen LogP contribution in [0.5, 0.6) is 0 Å². The Morgan fingerprint density at radius 3 is 2.35 bits per heavy atom. The van der Waals surface area contributed by atoms with Gasteiger partial charge in [0.15, 0.2) is 0 Å². The van der Waals surface area contributed by atoms with E-state index in [4.69, 9.17) is 10.2 Å². The smallest absolute Gasteiger partial charge is 0.238 e. The van der Waals surface area contributed by atoms with Crippen LogP contribution in [0.2, 0.25) is 0 Å². The van der Waals surface area contributed by atoms with Gasteiger partial charge in [0.25, 0.3) is 0 Å². The van der Waals surface area contributed by atoms with E-state index in [1.807, 2.05) is 6.92 Å². The van der Waals surface area contributed by atoms with Gasteiger partial charge in [0.05, 0.1) is 4.90 Å². The second-order valence-electron chi connectivity index (χ2n) is 3.83. The molecule has 17 heavy (non-hydrogen) atoms. The second-order valence-corrected chi connectivity index (χ2v) is 5.39. The Kier molecular flexibility index (Phi) is 4.92. The number of nitrogens with two attached hydrogens (primary N) is 1. The van der Waals surface area contributed by atoms with Crippen molar-refractivity contribution in [3.63, 3.8) is 0 Å². The fraction of sp³-hybridized carbons (Fsp3) is 0.455. The number of aliphatic hydroxyl groups excluding tert-OH is 1. The fourth-order valence-corrected chi connectivity index (χ4v) is 2.03. The van der Waals surface area contributed by atoms with Gasteiger partial charge in [0, 0.05) is 18.3 Å². The molecule has 0 aliphatic heterocycles. The first-order chi connectivity index (χ1) is 7.97. The van der Waals surface area contributed by atoms with Gasteiger partial charge in [-0.15, -0.1) is 0 Å². The predicted molar refractivity (Wildman–Crippen MR) is 67.2 cm³/mol. The largest absolute Gasteiger partial charge is 0.396 e. The van der Waals surface area contributed by atoms with Crippen molar-refractivity contribution in [3.8, 4) is 0 Å². The highest BCUT2D eigenvalue weighted by Gasteiger charge is 2.08. The highest BCUT2D eigenvalue weighted by Crippen LogP contribution is 2.15. The summed E-state index contributed by atoms with van der Waals surface area (Å²) in [5, 5.41) is 17.1. The minimum atomic E-state index is -3.63. The van der Waals surface area contributed by atoms with Crippen molar-refractivity contribution in [1.82, 2.24) is 0 Å². The summed E-state index contributed by atoms with van der Waals surface area (Å²) in [7, 11) is -3.63. The molecule has 1 unspecified atom stereocenters. The fourth-order valence-electron chi connectivity index (χ4n) is 1.51. The molecule has 6 heteroatoms. The quantitative estimate of drug-likeness (QED) is 0.707. The topological polar surface area (TPSA) is 92.4 Å². The van der Waals surface area contributed by atoms with Crippen LogP contribution >= 0.6 is 0 Å². The third-order valence-electron chi connectivity index (χ3n) is 2.52. The maximum atomic E-state index is 11.0. The van der Waals surface area contributed by atoms with Crippen LogP contribution < -0.4 is 10.5 Å². The molecule has 1 aromatic carbocycles. The second kappa shape index (κ2) is 6.00. The molecule has 0 saturated heterocycles. The predicted octanol–water partition coefficient (Wildman–Crippen LogP) is 0.907. The van der Waals surface area contributed by atoms with Crippen molar-refractivity contribution >= 4 is 15.7 Å². The highest BCUT2D eigenvalue weighted by atomic mass is 32.2. The van der Waals surface area contributed by atoms with E-state index in [1.165, 1.54) is 12.1 Å². The van der Waals surface area contributed by atoms with Gasteiger partial charge in [0.1, 0.15) is 0 Å². The van der Waals surface area contributed by atoms with Crippen LogP contribution in [0.3, 0.4) is 0 Å². The zero-order valence-electron chi connectivity index (χ0n) is 9.76. The number of sulfonamides is 1. The van der Waals surface area contributed by atoms with Crippen LogP contribution in [0.25, 0.3) is 0 Å². The molecule has 0 radical (unpaired) electrons. The molecule has 1 atom stereocenters. The van der Waals surface area contributed by atoms with Crippen LogP contribution in [0.1, 0.15) is 19.8 Å². The number of aliphatic hydroxyl groups is 1. The SMILES string of the molecule is CCC(CCO)Nc1ccc(S(N)(=O)=O)cc1. The average molecular weight is 258 g/mol. The standard InChI is InChI=1S/C11H18N2O3S/c1-2-9(7-8-14)13-10-3-5-11(6-4-10)17(12,15)16/h3-6,9,13-14H,2,7-8H2,1H3,(H2,12,15,16). The Balaban J connectivity index is 2.74. The number of rotatable bonds is 6. The van der Waals surface area contributed by atoms with Crippen molar-refractivity contribution in [2.45, 2.75) is 30.7 Å². The highest BCUT2D eigenvalue weighted by molar-refractivity contribution is 7.89. The van der Waals surface area contributed by atoms with Gasteiger partial charge < -0.3 is 10.4 Å². The van der Waals surface area contributed by atoms with Crippen molar-refractivity contribution in [3.05, 3.63) is 24.3 Å². The Hall–Kier alpha value is -1.11. The molecule has 0 saturated carbocycles. The van der Waals surface area contributed by atoms with E-state index >= 15 is 0 Å². The molecule has 96 valence electrons. The lowest BCUT2D eigenvalue weighted by Crippen LogP contribution is -2.19. The third kappa shape index (κ3) is 4.33. The van der Waals surface area contributed by atoms with Gasteiger partial charge in [-0.3, -0.25) is 0 Å². The van der Waals surface area contributed by atoms with Crippen LogP contribution in [0.4, 0.5) is 5.69 Å². The van der Waals surface area contributed by atoms with E-state index in [2.05, 4.69) is 5.32 Å². The summed E-state index contributed by atoms with van der Waals surface area (Å²) >= 11 is 0. The number of hydrogen-bond donors (Lipinski definition) is 3. The summed E-state index contributed by atoms with van der Waals surface area (Å²) in [5.41, 5.74) is 0.817. The number of benzene rings is 1. The average Bonchev–Trinajstić information content (AvgIpc) is 2.28. The summed E-state index contributed by atoms with van der Waals surface area (Å²) in [4.78, 5) is 0.0956. The molecule has 1 rings (SSSR count). The lowest BCUT2D eigenvalue weighted by Gasteiger charge is -2.17. The van der Waals surface area contributed by atoms with Gasteiger partial charge in [0.2, 0.25) is 10.0 Å². The summed E-state index contributed by atoms with van der Waals surface area (Å²) in [6.07, 6.45) is 1.55. The molecule has 1 aromatic rings. The van der Waals surface area contributed by atoms with Crippen molar-refractivity contribution in [2.24, 2.45) is 5.14 Å².